The van der Waals surface area contributed by atoms with Gasteiger partial charge in [-0.15, -0.1) is 0 Å². The summed E-state index contributed by atoms with van der Waals surface area (Å²) < 4.78 is 5.02. The van der Waals surface area contributed by atoms with Crippen molar-refractivity contribution in [2.24, 2.45) is 0 Å². The van der Waals surface area contributed by atoms with Crippen LogP contribution in [0.5, 0.6) is 5.75 Å². The van der Waals surface area contributed by atoms with Crippen molar-refractivity contribution >= 4 is 5.91 Å². The molecule has 94 valence electrons. The fourth-order valence-electron chi connectivity index (χ4n) is 1.41. The molecule has 1 amide bonds. The Morgan fingerprint density at radius 2 is 2.18 bits per heavy atom. The lowest BCUT2D eigenvalue weighted by Gasteiger charge is -2.18. The molecule has 17 heavy (non-hydrogen) atoms. The van der Waals surface area contributed by atoms with E-state index >= 15 is 0 Å². The molecule has 0 saturated carbocycles. The molecule has 0 aromatic heterocycles. The molecule has 1 rings (SSSR count). The number of aliphatic hydroxyl groups is 2. The van der Waals surface area contributed by atoms with Crippen molar-refractivity contribution < 1.29 is 19.7 Å². The number of hydrogen-bond acceptors (Lipinski definition) is 4. The summed E-state index contributed by atoms with van der Waals surface area (Å²) in [4.78, 5) is 10.7. The summed E-state index contributed by atoms with van der Waals surface area (Å²) >= 11 is 0. The SMILES string of the molecule is COc1cccc(C(O)C(O)CNC(C)=O)c1. The van der Waals surface area contributed by atoms with Crippen LogP contribution in [-0.4, -0.2) is 35.9 Å². The summed E-state index contributed by atoms with van der Waals surface area (Å²) in [5, 5.41) is 22.0. The Bertz CT molecular complexity index is 381. The van der Waals surface area contributed by atoms with Crippen LogP contribution >= 0.6 is 0 Å². The van der Waals surface area contributed by atoms with Gasteiger partial charge in [0.25, 0.3) is 0 Å². The predicted octanol–water partition coefficient (Wildman–Crippen LogP) is 0.226. The summed E-state index contributed by atoms with van der Waals surface area (Å²) in [7, 11) is 1.53. The van der Waals surface area contributed by atoms with E-state index < -0.39 is 12.2 Å². The minimum absolute atomic E-state index is 0.00765. The van der Waals surface area contributed by atoms with E-state index in [0.29, 0.717) is 11.3 Å². The van der Waals surface area contributed by atoms with Gasteiger partial charge in [0.2, 0.25) is 5.91 Å². The highest BCUT2D eigenvalue weighted by Gasteiger charge is 2.18. The second-order valence-electron chi connectivity index (χ2n) is 3.73. The van der Waals surface area contributed by atoms with E-state index in [1.165, 1.54) is 14.0 Å². The lowest BCUT2D eigenvalue weighted by Crippen LogP contribution is -2.34. The zero-order valence-corrected chi connectivity index (χ0v) is 9.88. The standard InChI is InChI=1S/C12H17NO4/c1-8(14)13-7-11(15)12(16)9-4-3-5-10(6-9)17-2/h3-6,11-12,15-16H,7H2,1-2H3,(H,13,14). The molecular formula is C12H17NO4. The van der Waals surface area contributed by atoms with Crippen LogP contribution in [0.1, 0.15) is 18.6 Å². The number of carbonyl (C=O) groups excluding carboxylic acids is 1. The van der Waals surface area contributed by atoms with Crippen LogP contribution in [0.3, 0.4) is 0 Å². The Hall–Kier alpha value is -1.59. The second-order valence-corrected chi connectivity index (χ2v) is 3.73. The van der Waals surface area contributed by atoms with E-state index in [0.717, 1.165) is 0 Å². The van der Waals surface area contributed by atoms with Crippen LogP contribution in [0, 0.1) is 0 Å². The molecule has 2 atom stereocenters. The van der Waals surface area contributed by atoms with E-state index in [4.69, 9.17) is 4.74 Å². The van der Waals surface area contributed by atoms with Crippen molar-refractivity contribution in [3.63, 3.8) is 0 Å². The van der Waals surface area contributed by atoms with Gasteiger partial charge in [0, 0.05) is 13.5 Å². The van der Waals surface area contributed by atoms with Gasteiger partial charge in [-0.2, -0.15) is 0 Å². The van der Waals surface area contributed by atoms with E-state index in [1.54, 1.807) is 24.3 Å². The molecule has 2 unspecified atom stereocenters. The van der Waals surface area contributed by atoms with Gasteiger partial charge < -0.3 is 20.3 Å². The molecule has 0 bridgehead atoms. The molecule has 0 heterocycles. The van der Waals surface area contributed by atoms with Gasteiger partial charge in [0.05, 0.1) is 7.11 Å². The number of carbonyl (C=O) groups is 1. The molecule has 0 saturated heterocycles. The topological polar surface area (TPSA) is 78.8 Å². The zero-order valence-electron chi connectivity index (χ0n) is 9.88. The third kappa shape index (κ3) is 4.05. The molecule has 5 heteroatoms. The molecule has 0 fully saturated rings. The van der Waals surface area contributed by atoms with Crippen LogP contribution in [0.15, 0.2) is 24.3 Å². The third-order valence-electron chi connectivity index (χ3n) is 2.36. The van der Waals surface area contributed by atoms with Gasteiger partial charge in [-0.25, -0.2) is 0 Å². The zero-order chi connectivity index (χ0) is 12.8. The van der Waals surface area contributed by atoms with Gasteiger partial charge in [-0.1, -0.05) is 12.1 Å². The predicted molar refractivity (Wildman–Crippen MR) is 62.6 cm³/mol. The van der Waals surface area contributed by atoms with Gasteiger partial charge in [-0.3, -0.25) is 4.79 Å². The van der Waals surface area contributed by atoms with Crippen LogP contribution in [0.2, 0.25) is 0 Å². The lowest BCUT2D eigenvalue weighted by atomic mass is 10.0. The van der Waals surface area contributed by atoms with Crippen LogP contribution < -0.4 is 10.1 Å². The van der Waals surface area contributed by atoms with Crippen molar-refractivity contribution in [2.45, 2.75) is 19.1 Å². The fraction of sp³-hybridized carbons (Fsp3) is 0.417. The first-order valence-electron chi connectivity index (χ1n) is 5.29. The minimum Gasteiger partial charge on any atom is -0.497 e. The highest BCUT2D eigenvalue weighted by molar-refractivity contribution is 5.72. The molecule has 0 aliphatic heterocycles. The number of hydrogen-bond donors (Lipinski definition) is 3. The Morgan fingerprint density at radius 1 is 1.47 bits per heavy atom. The van der Waals surface area contributed by atoms with Gasteiger partial charge in [0.15, 0.2) is 0 Å². The number of nitrogens with one attached hydrogen (secondary N) is 1. The van der Waals surface area contributed by atoms with Crippen LogP contribution in [0.25, 0.3) is 0 Å². The van der Waals surface area contributed by atoms with Crippen molar-refractivity contribution in [1.82, 2.24) is 5.32 Å². The Labute approximate surface area is 100 Å². The number of rotatable bonds is 5. The van der Waals surface area contributed by atoms with Crippen molar-refractivity contribution in [3.8, 4) is 5.75 Å². The summed E-state index contributed by atoms with van der Waals surface area (Å²) in [5.74, 6) is 0.357. The second kappa shape index (κ2) is 6.22. The molecule has 0 radical (unpaired) electrons. The number of aliphatic hydroxyl groups excluding tert-OH is 2. The van der Waals surface area contributed by atoms with Gasteiger partial charge in [-0.05, 0) is 17.7 Å². The molecular weight excluding hydrogens is 222 g/mol. The number of methoxy groups -OCH3 is 1. The molecule has 1 aromatic carbocycles. The van der Waals surface area contributed by atoms with E-state index in [1.807, 2.05) is 0 Å². The Morgan fingerprint density at radius 3 is 2.76 bits per heavy atom. The van der Waals surface area contributed by atoms with Crippen molar-refractivity contribution in [3.05, 3.63) is 29.8 Å². The number of ether oxygens (including phenoxy) is 1. The fourth-order valence-corrected chi connectivity index (χ4v) is 1.41. The average Bonchev–Trinajstić information content (AvgIpc) is 2.35. The van der Waals surface area contributed by atoms with E-state index in [9.17, 15) is 15.0 Å². The minimum atomic E-state index is -1.06. The first-order chi connectivity index (χ1) is 8.04. The maximum absolute atomic E-state index is 10.7. The van der Waals surface area contributed by atoms with Crippen molar-refractivity contribution in [2.75, 3.05) is 13.7 Å². The molecule has 0 spiro atoms. The summed E-state index contributed by atoms with van der Waals surface area (Å²) in [6, 6.07) is 6.80. The normalized spacial score (nSPS) is 13.9. The van der Waals surface area contributed by atoms with Crippen LogP contribution in [0.4, 0.5) is 0 Å². The molecule has 1 aromatic rings. The van der Waals surface area contributed by atoms with Gasteiger partial charge >= 0.3 is 0 Å². The average molecular weight is 239 g/mol. The Balaban J connectivity index is 2.66. The largest absolute Gasteiger partial charge is 0.497 e. The number of amides is 1. The van der Waals surface area contributed by atoms with E-state index in [-0.39, 0.29) is 12.5 Å². The quantitative estimate of drug-likeness (QED) is 0.687. The van der Waals surface area contributed by atoms with Crippen LogP contribution in [-0.2, 0) is 4.79 Å². The Kier molecular flexibility index (Phi) is 4.93. The van der Waals surface area contributed by atoms with Crippen molar-refractivity contribution in [1.29, 1.82) is 0 Å². The number of benzene rings is 1. The first kappa shape index (κ1) is 13.5. The molecule has 0 aliphatic rings. The molecule has 0 aliphatic carbocycles. The third-order valence-corrected chi connectivity index (χ3v) is 2.36. The maximum Gasteiger partial charge on any atom is 0.216 e. The molecule has 3 N–H and O–H groups in total. The summed E-state index contributed by atoms with van der Waals surface area (Å²) in [6.07, 6.45) is -2.11. The smallest absolute Gasteiger partial charge is 0.216 e. The van der Waals surface area contributed by atoms with Gasteiger partial charge in [0.1, 0.15) is 18.0 Å². The summed E-state index contributed by atoms with van der Waals surface area (Å²) in [5.41, 5.74) is 0.544. The highest BCUT2D eigenvalue weighted by atomic mass is 16.5. The highest BCUT2D eigenvalue weighted by Crippen LogP contribution is 2.21. The summed E-state index contributed by atoms with van der Waals surface area (Å²) in [6.45, 7) is 1.36. The lowest BCUT2D eigenvalue weighted by molar-refractivity contribution is -0.119. The maximum atomic E-state index is 10.7. The monoisotopic (exact) mass is 239 g/mol. The van der Waals surface area contributed by atoms with E-state index in [2.05, 4.69) is 5.32 Å². The molecule has 5 nitrogen and oxygen atoms in total. The first-order valence-corrected chi connectivity index (χ1v) is 5.29.